The second-order valence-electron chi connectivity index (χ2n) is 4.95. The Hall–Kier alpha value is 0.310. The first-order valence-electron chi connectivity index (χ1n) is 5.78. The fourth-order valence-electron chi connectivity index (χ4n) is 1.00. The molecule has 0 aromatic rings. The molecule has 1 N–H and O–H groups in total. The van der Waals surface area contributed by atoms with E-state index in [2.05, 4.69) is 58.6 Å². The number of nitrogens with one attached hydrogen (secondary N) is 1. The van der Waals surface area contributed by atoms with Crippen molar-refractivity contribution in [2.24, 2.45) is 11.8 Å². The lowest BCUT2D eigenvalue weighted by Crippen LogP contribution is -2.29. The molecule has 0 aliphatic rings. The summed E-state index contributed by atoms with van der Waals surface area (Å²) in [5.74, 6) is 2.85. The molecule has 0 aliphatic carbocycles. The van der Waals surface area contributed by atoms with Crippen LogP contribution in [0.15, 0.2) is 0 Å². The molecule has 1 nitrogen and oxygen atoms in total. The van der Waals surface area contributed by atoms with Crippen molar-refractivity contribution >= 4 is 11.8 Å². The van der Waals surface area contributed by atoms with Crippen LogP contribution in [0.3, 0.4) is 0 Å². The minimum Gasteiger partial charge on any atom is -0.314 e. The molecule has 0 heterocycles. The number of rotatable bonds is 7. The highest BCUT2D eigenvalue weighted by molar-refractivity contribution is 7.99. The first kappa shape index (κ1) is 14.3. The van der Waals surface area contributed by atoms with Gasteiger partial charge in [0.25, 0.3) is 0 Å². The Labute approximate surface area is 94.4 Å². The Morgan fingerprint density at radius 2 is 1.57 bits per heavy atom. The predicted octanol–water partition coefficient (Wildman–Crippen LogP) is 3.40. The monoisotopic (exact) mass is 217 g/mol. The lowest BCUT2D eigenvalue weighted by atomic mass is 10.2. The van der Waals surface area contributed by atoms with E-state index in [9.17, 15) is 0 Å². The van der Waals surface area contributed by atoms with Crippen molar-refractivity contribution in [3.63, 3.8) is 0 Å². The fraction of sp³-hybridized carbons (Fsp3) is 1.00. The van der Waals surface area contributed by atoms with Crippen molar-refractivity contribution in [2.45, 2.75) is 52.8 Å². The van der Waals surface area contributed by atoms with Crippen molar-refractivity contribution in [3.05, 3.63) is 0 Å². The lowest BCUT2D eigenvalue weighted by molar-refractivity contribution is 0.509. The van der Waals surface area contributed by atoms with Crippen LogP contribution < -0.4 is 5.32 Å². The SMILES string of the molecule is CC(CNC(C)C)CSC(C)C(C)C. The van der Waals surface area contributed by atoms with E-state index >= 15 is 0 Å². The summed E-state index contributed by atoms with van der Waals surface area (Å²) in [5, 5.41) is 4.27. The van der Waals surface area contributed by atoms with Crippen molar-refractivity contribution < 1.29 is 0 Å². The van der Waals surface area contributed by atoms with Gasteiger partial charge in [-0.25, -0.2) is 0 Å². The smallest absolute Gasteiger partial charge is 0.00418 e. The van der Waals surface area contributed by atoms with Crippen LogP contribution in [-0.2, 0) is 0 Å². The molecule has 0 aliphatic heterocycles. The van der Waals surface area contributed by atoms with E-state index in [4.69, 9.17) is 0 Å². The molecule has 14 heavy (non-hydrogen) atoms. The van der Waals surface area contributed by atoms with Crippen LogP contribution in [0.2, 0.25) is 0 Å². The average molecular weight is 217 g/mol. The van der Waals surface area contributed by atoms with Gasteiger partial charge in [-0.2, -0.15) is 11.8 Å². The highest BCUT2D eigenvalue weighted by Gasteiger charge is 2.10. The molecule has 2 heteroatoms. The zero-order chi connectivity index (χ0) is 11.1. The summed E-state index contributed by atoms with van der Waals surface area (Å²) in [6, 6.07) is 0.616. The van der Waals surface area contributed by atoms with Gasteiger partial charge in [0.1, 0.15) is 0 Å². The quantitative estimate of drug-likeness (QED) is 0.701. The summed E-state index contributed by atoms with van der Waals surface area (Å²) >= 11 is 2.10. The average Bonchev–Trinajstić information content (AvgIpc) is 2.10. The molecule has 0 aromatic carbocycles. The molecule has 2 unspecified atom stereocenters. The zero-order valence-corrected chi connectivity index (χ0v) is 11.4. The van der Waals surface area contributed by atoms with Gasteiger partial charge in [0, 0.05) is 11.3 Å². The first-order valence-corrected chi connectivity index (χ1v) is 6.83. The van der Waals surface area contributed by atoms with Gasteiger partial charge in [0.05, 0.1) is 0 Å². The van der Waals surface area contributed by atoms with E-state index in [1.165, 1.54) is 5.75 Å². The van der Waals surface area contributed by atoms with E-state index in [-0.39, 0.29) is 0 Å². The summed E-state index contributed by atoms with van der Waals surface area (Å²) in [7, 11) is 0. The van der Waals surface area contributed by atoms with Crippen LogP contribution in [-0.4, -0.2) is 23.6 Å². The normalized spacial score (nSPS) is 16.3. The van der Waals surface area contributed by atoms with Crippen LogP contribution in [0.25, 0.3) is 0 Å². The Kier molecular flexibility index (Phi) is 7.75. The van der Waals surface area contributed by atoms with Gasteiger partial charge < -0.3 is 5.32 Å². The third kappa shape index (κ3) is 7.69. The highest BCUT2D eigenvalue weighted by atomic mass is 32.2. The molecule has 0 bridgehead atoms. The molecule has 0 aromatic heterocycles. The van der Waals surface area contributed by atoms with Gasteiger partial charge in [0.15, 0.2) is 0 Å². The van der Waals surface area contributed by atoms with Crippen LogP contribution >= 0.6 is 11.8 Å². The van der Waals surface area contributed by atoms with Crippen LogP contribution in [0, 0.1) is 11.8 Å². The third-order valence-corrected chi connectivity index (χ3v) is 4.29. The molecule has 0 saturated heterocycles. The zero-order valence-electron chi connectivity index (χ0n) is 10.6. The Morgan fingerprint density at radius 1 is 1.00 bits per heavy atom. The van der Waals surface area contributed by atoms with E-state index in [1.807, 2.05) is 0 Å². The molecule has 0 rings (SSSR count). The van der Waals surface area contributed by atoms with Gasteiger partial charge in [-0.1, -0.05) is 41.5 Å². The maximum absolute atomic E-state index is 3.48. The first-order chi connectivity index (χ1) is 6.43. The van der Waals surface area contributed by atoms with Crippen LogP contribution in [0.1, 0.15) is 41.5 Å². The van der Waals surface area contributed by atoms with E-state index in [0.717, 1.165) is 23.6 Å². The summed E-state index contributed by atoms with van der Waals surface area (Å²) in [5.41, 5.74) is 0. The van der Waals surface area contributed by atoms with Gasteiger partial charge in [-0.3, -0.25) is 0 Å². The van der Waals surface area contributed by atoms with E-state index < -0.39 is 0 Å². The molecule has 0 fully saturated rings. The molecule has 0 saturated carbocycles. The third-order valence-electron chi connectivity index (χ3n) is 2.46. The maximum Gasteiger partial charge on any atom is 0.00418 e. The molecular weight excluding hydrogens is 190 g/mol. The summed E-state index contributed by atoms with van der Waals surface area (Å²) in [6.45, 7) is 14.8. The minimum atomic E-state index is 0.616. The second kappa shape index (κ2) is 7.58. The van der Waals surface area contributed by atoms with Crippen molar-refractivity contribution in [3.8, 4) is 0 Å². The predicted molar refractivity (Wildman–Crippen MR) is 69.1 cm³/mol. The molecule has 86 valence electrons. The Bertz CT molecular complexity index is 134. The van der Waals surface area contributed by atoms with Gasteiger partial charge in [-0.15, -0.1) is 0 Å². The highest BCUT2D eigenvalue weighted by Crippen LogP contribution is 2.20. The molecular formula is C12H27NS. The summed E-state index contributed by atoms with van der Waals surface area (Å²) in [4.78, 5) is 0. The summed E-state index contributed by atoms with van der Waals surface area (Å²) < 4.78 is 0. The Morgan fingerprint density at radius 3 is 2.00 bits per heavy atom. The lowest BCUT2D eigenvalue weighted by Gasteiger charge is -2.19. The van der Waals surface area contributed by atoms with Crippen molar-refractivity contribution in [2.75, 3.05) is 12.3 Å². The topological polar surface area (TPSA) is 12.0 Å². The van der Waals surface area contributed by atoms with Gasteiger partial charge >= 0.3 is 0 Å². The number of thioether (sulfide) groups is 1. The number of hydrogen-bond donors (Lipinski definition) is 1. The van der Waals surface area contributed by atoms with E-state index in [1.54, 1.807) is 0 Å². The molecule has 0 spiro atoms. The van der Waals surface area contributed by atoms with Crippen molar-refractivity contribution in [1.29, 1.82) is 0 Å². The summed E-state index contributed by atoms with van der Waals surface area (Å²) in [6.07, 6.45) is 0. The van der Waals surface area contributed by atoms with E-state index in [0.29, 0.717) is 6.04 Å². The second-order valence-corrected chi connectivity index (χ2v) is 6.36. The minimum absolute atomic E-state index is 0.616. The van der Waals surface area contributed by atoms with Crippen LogP contribution in [0.4, 0.5) is 0 Å². The van der Waals surface area contributed by atoms with Gasteiger partial charge in [-0.05, 0) is 24.1 Å². The van der Waals surface area contributed by atoms with Crippen LogP contribution in [0.5, 0.6) is 0 Å². The Balaban J connectivity index is 3.48. The number of hydrogen-bond acceptors (Lipinski definition) is 2. The van der Waals surface area contributed by atoms with Gasteiger partial charge in [0.2, 0.25) is 0 Å². The molecule has 2 atom stereocenters. The van der Waals surface area contributed by atoms with Crippen molar-refractivity contribution in [1.82, 2.24) is 5.32 Å². The largest absolute Gasteiger partial charge is 0.314 e. The maximum atomic E-state index is 3.48. The standard InChI is InChI=1S/C12H27NS/c1-9(2)12(6)14-8-11(5)7-13-10(3)4/h9-13H,7-8H2,1-6H3. The molecule has 0 amide bonds. The fourth-order valence-corrected chi connectivity index (χ4v) is 2.14. The molecule has 0 radical (unpaired) electrons.